The van der Waals surface area contributed by atoms with Gasteiger partial charge in [0.1, 0.15) is 0 Å². The minimum absolute atomic E-state index is 0.461. The van der Waals surface area contributed by atoms with Crippen molar-refractivity contribution in [3.63, 3.8) is 0 Å². The van der Waals surface area contributed by atoms with Crippen LogP contribution in [0.1, 0.15) is 25.7 Å². The highest BCUT2D eigenvalue weighted by atomic mass is 14.8. The average molecular weight is 136 g/mol. The summed E-state index contributed by atoms with van der Waals surface area (Å²) in [5, 5.41) is 6.73. The predicted molar refractivity (Wildman–Crippen MR) is 39.4 cm³/mol. The Morgan fingerprint density at radius 1 is 1.30 bits per heavy atom. The molecule has 0 aromatic rings. The molecule has 3 rings (SSSR count). The third kappa shape index (κ3) is 0.800. The van der Waals surface area contributed by atoms with Crippen LogP contribution in [0.3, 0.4) is 0 Å². The molecule has 0 aromatic heterocycles. The summed E-state index contributed by atoms with van der Waals surface area (Å²) in [6.07, 6.45) is 5.29. The first kappa shape index (κ1) is 6.11. The van der Waals surface area contributed by atoms with Crippen molar-refractivity contribution in [1.29, 1.82) is 5.41 Å². The molecule has 3 aliphatic carbocycles. The van der Waals surface area contributed by atoms with Gasteiger partial charge in [0, 0.05) is 0 Å². The van der Waals surface area contributed by atoms with Crippen LogP contribution in [0.15, 0.2) is 4.99 Å². The lowest BCUT2D eigenvalue weighted by Crippen LogP contribution is -2.38. The Balaban J connectivity index is 2.02. The lowest BCUT2D eigenvalue weighted by molar-refractivity contribution is 0.0930. The molecule has 3 fully saturated rings. The van der Waals surface area contributed by atoms with E-state index in [1.54, 1.807) is 0 Å². The predicted octanol–water partition coefficient (Wildman–Crippen LogP) is 1.93. The molecule has 3 aliphatic rings. The molecule has 10 heavy (non-hydrogen) atoms. The van der Waals surface area contributed by atoms with Gasteiger partial charge in [-0.25, -0.2) is 10.4 Å². The number of aliphatic imine (C=N–C) groups is 1. The summed E-state index contributed by atoms with van der Waals surface area (Å²) in [7, 11) is 0. The lowest BCUT2D eigenvalue weighted by atomic mass is 9.63. The van der Waals surface area contributed by atoms with E-state index in [1.807, 2.05) is 0 Å². The summed E-state index contributed by atoms with van der Waals surface area (Å²) < 4.78 is 0. The third-order valence-electron chi connectivity index (χ3n) is 2.92. The summed E-state index contributed by atoms with van der Waals surface area (Å²) >= 11 is 0. The second-order valence-corrected chi connectivity index (χ2v) is 3.48. The van der Waals surface area contributed by atoms with Crippen molar-refractivity contribution in [3.8, 4) is 0 Å². The van der Waals surface area contributed by atoms with E-state index in [1.165, 1.54) is 25.7 Å². The third-order valence-corrected chi connectivity index (χ3v) is 2.92. The van der Waals surface area contributed by atoms with Crippen molar-refractivity contribution < 1.29 is 0 Å². The van der Waals surface area contributed by atoms with Gasteiger partial charge in [-0.2, -0.15) is 0 Å². The van der Waals surface area contributed by atoms with Crippen molar-refractivity contribution in [2.45, 2.75) is 31.7 Å². The fraction of sp³-hybridized carbons (Fsp3) is 0.875. The van der Waals surface area contributed by atoms with Crippen LogP contribution in [0.5, 0.6) is 0 Å². The van der Waals surface area contributed by atoms with Gasteiger partial charge in [0.2, 0.25) is 0 Å². The maximum absolute atomic E-state index is 6.73. The molecular formula is C8H12N2. The van der Waals surface area contributed by atoms with Crippen molar-refractivity contribution in [3.05, 3.63) is 0 Å². The van der Waals surface area contributed by atoms with E-state index < -0.39 is 0 Å². The molecule has 1 N–H and O–H groups in total. The molecule has 2 heteroatoms. The minimum atomic E-state index is 0.461. The Morgan fingerprint density at radius 2 is 2.10 bits per heavy atom. The summed E-state index contributed by atoms with van der Waals surface area (Å²) in [5.41, 5.74) is 0. The Labute approximate surface area is 60.9 Å². The topological polar surface area (TPSA) is 36.2 Å². The van der Waals surface area contributed by atoms with Gasteiger partial charge in [-0.15, -0.1) is 0 Å². The molecule has 54 valence electrons. The number of hydrogen-bond donors (Lipinski definition) is 1. The van der Waals surface area contributed by atoms with Crippen LogP contribution >= 0.6 is 0 Å². The van der Waals surface area contributed by atoms with Crippen LogP contribution in [0.4, 0.5) is 0 Å². The van der Waals surface area contributed by atoms with Gasteiger partial charge in [-0.3, -0.25) is 0 Å². The van der Waals surface area contributed by atoms with E-state index in [0.717, 1.165) is 11.8 Å². The quantitative estimate of drug-likeness (QED) is 0.535. The summed E-state index contributed by atoms with van der Waals surface area (Å²) in [5.74, 6) is 1.83. The first-order chi connectivity index (χ1) is 4.90. The van der Waals surface area contributed by atoms with Gasteiger partial charge in [0.25, 0.3) is 0 Å². The molecule has 0 amide bonds. The highest BCUT2D eigenvalue weighted by Crippen LogP contribution is 2.46. The smallest absolute Gasteiger partial charge is 0.0864 e. The number of nitrogens with zero attached hydrogens (tertiary/aromatic N) is 1. The molecular weight excluding hydrogens is 124 g/mol. The number of fused-ring (bicyclic) bond motifs is 2. The van der Waals surface area contributed by atoms with Crippen LogP contribution in [0, 0.1) is 17.2 Å². The van der Waals surface area contributed by atoms with Gasteiger partial charge >= 0.3 is 0 Å². The Kier molecular flexibility index (Phi) is 1.35. The van der Waals surface area contributed by atoms with Crippen molar-refractivity contribution in [2.75, 3.05) is 0 Å². The van der Waals surface area contributed by atoms with Crippen LogP contribution < -0.4 is 0 Å². The zero-order valence-electron chi connectivity index (χ0n) is 6.01. The van der Waals surface area contributed by atoms with Crippen LogP contribution in [-0.2, 0) is 0 Å². The molecule has 3 saturated carbocycles. The zero-order chi connectivity index (χ0) is 6.97. The fourth-order valence-electron chi connectivity index (χ4n) is 2.23. The van der Waals surface area contributed by atoms with E-state index in [2.05, 4.69) is 11.0 Å². The molecule has 1 atom stereocenters. The summed E-state index contributed by atoms with van der Waals surface area (Å²) in [6.45, 7) is 0. The van der Waals surface area contributed by atoms with E-state index in [0.29, 0.717) is 6.04 Å². The maximum Gasteiger partial charge on any atom is 0.0864 e. The van der Waals surface area contributed by atoms with Gasteiger partial charge in [-0.1, -0.05) is 0 Å². The monoisotopic (exact) mass is 136 g/mol. The highest BCUT2D eigenvalue weighted by molar-refractivity contribution is 5.36. The number of hydrogen-bond acceptors (Lipinski definition) is 2. The summed E-state index contributed by atoms with van der Waals surface area (Å²) in [4.78, 5) is 4.02. The zero-order valence-corrected chi connectivity index (χ0v) is 6.01. The molecule has 2 bridgehead atoms. The van der Waals surface area contributed by atoms with Gasteiger partial charge in [0.05, 0.1) is 12.1 Å². The van der Waals surface area contributed by atoms with E-state index in [-0.39, 0.29) is 0 Å². The molecule has 1 unspecified atom stereocenters. The van der Waals surface area contributed by atoms with Crippen molar-refractivity contribution in [1.82, 2.24) is 0 Å². The first-order valence-electron chi connectivity index (χ1n) is 4.01. The number of rotatable bonds is 1. The Hall–Kier alpha value is -0.620. The standard InChI is InChI=1S/C8H12N2/c9-5-10-8-2-1-6-3-7(8)4-6/h6-9H,1-4H2. The fourth-order valence-corrected chi connectivity index (χ4v) is 2.23. The van der Waals surface area contributed by atoms with E-state index in [9.17, 15) is 0 Å². The Bertz CT molecular complexity index is 173. The van der Waals surface area contributed by atoms with Gasteiger partial charge in [-0.05, 0) is 37.5 Å². The van der Waals surface area contributed by atoms with Crippen molar-refractivity contribution in [2.24, 2.45) is 16.8 Å². The molecule has 0 spiro atoms. The largest absolute Gasteiger partial charge is 0.242 e. The van der Waals surface area contributed by atoms with Crippen molar-refractivity contribution >= 4 is 6.01 Å². The second kappa shape index (κ2) is 2.21. The highest BCUT2D eigenvalue weighted by Gasteiger charge is 2.39. The SMILES string of the molecule is N=C=NC1CCC2CC1C2. The second-order valence-electron chi connectivity index (χ2n) is 3.48. The molecule has 0 radical (unpaired) electrons. The molecule has 0 aromatic carbocycles. The Morgan fingerprint density at radius 3 is 2.60 bits per heavy atom. The van der Waals surface area contributed by atoms with E-state index in [4.69, 9.17) is 5.41 Å². The summed E-state index contributed by atoms with van der Waals surface area (Å²) in [6, 6.07) is 2.63. The lowest BCUT2D eigenvalue weighted by Gasteiger charge is -2.44. The molecule has 0 aliphatic heterocycles. The average Bonchev–Trinajstić information content (AvgIpc) is 1.87. The first-order valence-corrected chi connectivity index (χ1v) is 4.01. The van der Waals surface area contributed by atoms with Crippen LogP contribution in [-0.4, -0.2) is 12.1 Å². The van der Waals surface area contributed by atoms with Crippen LogP contribution in [0.2, 0.25) is 0 Å². The minimum Gasteiger partial charge on any atom is -0.242 e. The van der Waals surface area contributed by atoms with Gasteiger partial charge < -0.3 is 0 Å². The van der Waals surface area contributed by atoms with E-state index >= 15 is 0 Å². The maximum atomic E-state index is 6.73. The normalized spacial score (nSPS) is 43.4. The van der Waals surface area contributed by atoms with Gasteiger partial charge in [0.15, 0.2) is 0 Å². The number of nitrogens with one attached hydrogen (secondary N) is 1. The molecule has 2 nitrogen and oxygen atoms in total. The molecule has 0 heterocycles. The van der Waals surface area contributed by atoms with Crippen LogP contribution in [0.25, 0.3) is 0 Å². The molecule has 0 saturated heterocycles.